The molecule has 0 bridgehead atoms. The van der Waals surface area contributed by atoms with Crippen LogP contribution >= 0.6 is 0 Å². The average molecular weight is 732 g/mol. The van der Waals surface area contributed by atoms with Crippen molar-refractivity contribution in [3.63, 3.8) is 0 Å². The van der Waals surface area contributed by atoms with Crippen molar-refractivity contribution < 1.29 is 64.6 Å². The van der Waals surface area contributed by atoms with Crippen LogP contribution in [0.25, 0.3) is 16.7 Å². The van der Waals surface area contributed by atoms with Crippen LogP contribution in [0.4, 0.5) is 32.0 Å². The Kier molecular flexibility index (Phi) is 13.0. The van der Waals surface area contributed by atoms with Crippen molar-refractivity contribution >= 4 is 44.8 Å². The Labute approximate surface area is 279 Å². The minimum absolute atomic E-state index is 0.0303. The summed E-state index contributed by atoms with van der Waals surface area (Å²) in [6, 6.07) is 15.1. The van der Waals surface area contributed by atoms with Gasteiger partial charge in [0.05, 0.1) is 21.8 Å². The number of pyridine rings is 1. The number of oxime groups is 1. The van der Waals surface area contributed by atoms with Gasteiger partial charge in [0.2, 0.25) is 10.0 Å². The number of carbonyl (C=O) groups excluding carboxylic acids is 1. The Morgan fingerprint density at radius 3 is 1.94 bits per heavy atom. The lowest BCUT2D eigenvalue weighted by atomic mass is 9.90. The van der Waals surface area contributed by atoms with Crippen molar-refractivity contribution in [2.45, 2.75) is 37.5 Å². The molecule has 0 fully saturated rings. The molecule has 0 spiro atoms. The SMILES string of the molecule is CC1=C(N)C(=NO)CC=C1c1ncccc1C(=O)Nc1ccc(-c2cc(C)ccc2S(N)(=O)=O)cc1.O=C(O)C(F)(F)F.O=C(O)C(F)(F)F. The van der Waals surface area contributed by atoms with Crippen molar-refractivity contribution in [3.8, 4) is 11.1 Å². The number of carboxylic acid groups (broad SMARTS) is 2. The first-order valence-electron chi connectivity index (χ1n) is 13.5. The Bertz CT molecular complexity index is 1950. The molecule has 0 radical (unpaired) electrons. The molecule has 20 heteroatoms. The molecule has 2 aromatic carbocycles. The maximum atomic E-state index is 13.2. The quantitative estimate of drug-likeness (QED) is 0.116. The summed E-state index contributed by atoms with van der Waals surface area (Å²) in [5.74, 6) is -5.89. The number of benzene rings is 2. The zero-order chi connectivity index (χ0) is 38.2. The predicted molar refractivity (Wildman–Crippen MR) is 166 cm³/mol. The van der Waals surface area contributed by atoms with Gasteiger partial charge in [-0.25, -0.2) is 23.1 Å². The third-order valence-corrected chi connectivity index (χ3v) is 7.40. The molecule has 1 aliphatic carbocycles. The van der Waals surface area contributed by atoms with Gasteiger partial charge in [-0.2, -0.15) is 26.3 Å². The number of nitrogens with zero attached hydrogens (tertiary/aromatic N) is 2. The molecule has 1 aliphatic rings. The van der Waals surface area contributed by atoms with Crippen LogP contribution in [0, 0.1) is 6.92 Å². The Hall–Kier alpha value is -5.76. The first-order chi connectivity index (χ1) is 23.0. The Morgan fingerprint density at radius 2 is 1.46 bits per heavy atom. The van der Waals surface area contributed by atoms with E-state index in [2.05, 4.69) is 15.5 Å². The number of allylic oxidation sites excluding steroid dienone is 4. The van der Waals surface area contributed by atoms with Gasteiger partial charge in [0, 0.05) is 29.4 Å². The molecule has 0 saturated heterocycles. The van der Waals surface area contributed by atoms with E-state index in [0.717, 1.165) is 5.56 Å². The van der Waals surface area contributed by atoms with Crippen LogP contribution in [0.5, 0.6) is 0 Å². The third kappa shape index (κ3) is 10.9. The van der Waals surface area contributed by atoms with Gasteiger partial charge in [0.25, 0.3) is 5.91 Å². The fourth-order valence-corrected chi connectivity index (χ4v) is 4.79. The van der Waals surface area contributed by atoms with Crippen LogP contribution in [-0.2, 0) is 19.6 Å². The molecule has 13 nitrogen and oxygen atoms in total. The van der Waals surface area contributed by atoms with E-state index in [1.807, 2.05) is 13.0 Å². The summed E-state index contributed by atoms with van der Waals surface area (Å²) in [5.41, 5.74) is 11.5. The monoisotopic (exact) mass is 731 g/mol. The predicted octanol–water partition coefficient (Wildman–Crippen LogP) is 5.07. The number of nitrogens with one attached hydrogen (secondary N) is 1. The van der Waals surface area contributed by atoms with Crippen molar-refractivity contribution in [2.75, 3.05) is 5.32 Å². The van der Waals surface area contributed by atoms with Crippen LogP contribution in [0.1, 0.15) is 35.0 Å². The molecule has 1 aromatic heterocycles. The third-order valence-electron chi connectivity index (χ3n) is 6.43. The molecule has 0 atom stereocenters. The van der Waals surface area contributed by atoms with E-state index in [9.17, 15) is 39.6 Å². The summed E-state index contributed by atoms with van der Waals surface area (Å²) >= 11 is 0. The molecule has 0 unspecified atom stereocenters. The fraction of sp³-hybridized carbons (Fsp3) is 0.167. The molecule has 1 amide bonds. The molecule has 4 rings (SSSR count). The van der Waals surface area contributed by atoms with E-state index in [-0.39, 0.29) is 10.8 Å². The van der Waals surface area contributed by atoms with E-state index in [0.29, 0.717) is 57.0 Å². The van der Waals surface area contributed by atoms with Crippen LogP contribution in [0.2, 0.25) is 0 Å². The summed E-state index contributed by atoms with van der Waals surface area (Å²) in [7, 11) is -3.91. The van der Waals surface area contributed by atoms with Crippen molar-refractivity contribution in [2.24, 2.45) is 16.0 Å². The zero-order valence-corrected chi connectivity index (χ0v) is 26.5. The fourth-order valence-electron chi connectivity index (χ4n) is 4.04. The van der Waals surface area contributed by atoms with Crippen molar-refractivity contribution in [3.05, 3.63) is 95.0 Å². The summed E-state index contributed by atoms with van der Waals surface area (Å²) in [4.78, 5) is 35.4. The number of sulfonamides is 1. The van der Waals surface area contributed by atoms with Gasteiger partial charge in [0.15, 0.2) is 0 Å². The number of primary sulfonamides is 1. The molecule has 0 aliphatic heterocycles. The number of rotatable bonds is 5. The van der Waals surface area contributed by atoms with Crippen LogP contribution in [-0.4, -0.2) is 64.7 Å². The second-order valence-corrected chi connectivity index (χ2v) is 11.5. The number of carbonyl (C=O) groups is 3. The number of aromatic nitrogens is 1. The minimum atomic E-state index is -5.08. The maximum Gasteiger partial charge on any atom is 0.490 e. The van der Waals surface area contributed by atoms with E-state index < -0.39 is 34.3 Å². The van der Waals surface area contributed by atoms with Gasteiger partial charge in [-0.05, 0) is 55.3 Å². The number of anilines is 1. The average Bonchev–Trinajstić information content (AvgIpc) is 3.02. The van der Waals surface area contributed by atoms with Gasteiger partial charge in [-0.15, -0.1) is 0 Å². The standard InChI is InChI=1S/C26H25N5O4S.2C2HF3O2/c1-15-5-12-23(36(28,34)35)21(14-15)17-6-8-18(9-7-17)30-26(32)20-4-3-13-29-25(20)19-10-11-22(31-33)24(27)16(19)2;2*3-2(4,5)1(6)7/h3-10,12-14,33H,11,27H2,1-2H3,(H,30,32)(H2,28,34,35);2*(H,6,7). The molecular weight excluding hydrogens is 704 g/mol. The molecule has 3 aromatic rings. The smallest absolute Gasteiger partial charge is 0.475 e. The Morgan fingerprint density at radius 1 is 0.920 bits per heavy atom. The number of amides is 1. The van der Waals surface area contributed by atoms with Crippen LogP contribution in [0.3, 0.4) is 0 Å². The number of hydrogen-bond donors (Lipinski definition) is 6. The van der Waals surface area contributed by atoms with Gasteiger partial charge in [-0.3, -0.25) is 9.78 Å². The second-order valence-electron chi connectivity index (χ2n) is 9.99. The zero-order valence-electron chi connectivity index (χ0n) is 25.7. The number of aliphatic carboxylic acids is 2. The van der Waals surface area contributed by atoms with E-state index in [1.54, 1.807) is 61.7 Å². The summed E-state index contributed by atoms with van der Waals surface area (Å²) in [6.07, 6.45) is -6.45. The highest BCUT2D eigenvalue weighted by atomic mass is 32.2. The summed E-state index contributed by atoms with van der Waals surface area (Å²) in [6.45, 7) is 3.64. The number of aryl methyl sites for hydroxylation is 1. The van der Waals surface area contributed by atoms with E-state index >= 15 is 0 Å². The largest absolute Gasteiger partial charge is 0.490 e. The lowest BCUT2D eigenvalue weighted by Gasteiger charge is -2.19. The van der Waals surface area contributed by atoms with Crippen LogP contribution < -0.4 is 16.2 Å². The number of alkyl halides is 6. The Balaban J connectivity index is 0.000000521. The number of halogens is 6. The van der Waals surface area contributed by atoms with Gasteiger partial charge in [0.1, 0.15) is 5.71 Å². The van der Waals surface area contributed by atoms with Crippen molar-refractivity contribution in [1.82, 2.24) is 4.98 Å². The number of carboxylic acids is 2. The van der Waals surface area contributed by atoms with E-state index in [1.165, 1.54) is 6.07 Å². The highest BCUT2D eigenvalue weighted by Crippen LogP contribution is 2.32. The van der Waals surface area contributed by atoms with Crippen LogP contribution in [0.15, 0.2) is 88.2 Å². The highest BCUT2D eigenvalue weighted by molar-refractivity contribution is 7.89. The minimum Gasteiger partial charge on any atom is -0.475 e. The molecule has 50 heavy (non-hydrogen) atoms. The van der Waals surface area contributed by atoms with Gasteiger partial charge < -0.3 is 26.5 Å². The topological polar surface area (TPSA) is 235 Å². The normalized spacial score (nSPS) is 14.0. The summed E-state index contributed by atoms with van der Waals surface area (Å²) < 4.78 is 87.5. The molecule has 1 heterocycles. The van der Waals surface area contributed by atoms with E-state index in [4.69, 9.17) is 35.9 Å². The number of nitrogens with two attached hydrogens (primary N) is 2. The lowest BCUT2D eigenvalue weighted by molar-refractivity contribution is -0.193. The lowest BCUT2D eigenvalue weighted by Crippen LogP contribution is -2.21. The maximum absolute atomic E-state index is 13.2. The first-order valence-corrected chi connectivity index (χ1v) is 15.0. The van der Waals surface area contributed by atoms with Crippen molar-refractivity contribution in [1.29, 1.82) is 0 Å². The van der Waals surface area contributed by atoms with Gasteiger partial charge in [-0.1, -0.05) is 41.1 Å². The number of hydrogen-bond acceptors (Lipinski definition) is 9. The molecule has 268 valence electrons. The molecule has 8 N–H and O–H groups in total. The molecule has 0 saturated carbocycles. The second kappa shape index (κ2) is 16.1. The van der Waals surface area contributed by atoms with Gasteiger partial charge >= 0.3 is 24.3 Å². The molecular formula is C30H27F6N5O8S. The first kappa shape index (κ1) is 40.4. The summed E-state index contributed by atoms with van der Waals surface area (Å²) in [5, 5.41) is 34.9. The highest BCUT2D eigenvalue weighted by Gasteiger charge is 2.39.